The summed E-state index contributed by atoms with van der Waals surface area (Å²) in [7, 11) is 0. The van der Waals surface area contributed by atoms with Crippen LogP contribution >= 0.6 is 0 Å². The number of benzene rings is 1. The molecule has 0 bridgehead atoms. The highest BCUT2D eigenvalue weighted by Crippen LogP contribution is 2.45. The zero-order valence-corrected chi connectivity index (χ0v) is 17.8. The van der Waals surface area contributed by atoms with E-state index in [1.807, 2.05) is 26.8 Å². The summed E-state index contributed by atoms with van der Waals surface area (Å²) in [6.07, 6.45) is -0.428. The maximum Gasteiger partial charge on any atom is 0.415 e. The lowest BCUT2D eigenvalue weighted by Crippen LogP contribution is -2.42. The Kier molecular flexibility index (Phi) is 5.33. The minimum atomic E-state index is -0.497. The van der Waals surface area contributed by atoms with Crippen LogP contribution in [-0.4, -0.2) is 47.5 Å². The predicted octanol–water partition coefficient (Wildman–Crippen LogP) is 2.76. The number of carbonyl (C=O) groups excluding carboxylic acids is 1. The van der Waals surface area contributed by atoms with E-state index in [1.165, 1.54) is 0 Å². The maximum atomic E-state index is 12.5. The first-order valence-corrected chi connectivity index (χ1v) is 10.1. The van der Waals surface area contributed by atoms with E-state index in [2.05, 4.69) is 16.3 Å². The number of allylic oxidation sites excluding steroid dienone is 1. The molecule has 9 nitrogen and oxygen atoms in total. The average Bonchev–Trinajstić information content (AvgIpc) is 3.17. The summed E-state index contributed by atoms with van der Waals surface area (Å²) in [6.45, 7) is 8.11. The Morgan fingerprint density at radius 1 is 1.35 bits per heavy atom. The first kappa shape index (κ1) is 20.8. The predicted molar refractivity (Wildman–Crippen MR) is 111 cm³/mol. The van der Waals surface area contributed by atoms with Gasteiger partial charge in [-0.25, -0.2) is 4.79 Å². The van der Waals surface area contributed by atoms with Crippen LogP contribution in [0.2, 0.25) is 0 Å². The van der Waals surface area contributed by atoms with Crippen molar-refractivity contribution in [2.24, 2.45) is 5.73 Å². The van der Waals surface area contributed by atoms with Crippen molar-refractivity contribution in [3.05, 3.63) is 52.5 Å². The number of H-pyrrole nitrogens is 1. The number of rotatable bonds is 2. The Labute approximate surface area is 180 Å². The van der Waals surface area contributed by atoms with Crippen LogP contribution in [0, 0.1) is 11.3 Å². The number of nitrogens with one attached hydrogen (secondary N) is 1. The van der Waals surface area contributed by atoms with Crippen LogP contribution in [0.1, 0.15) is 43.5 Å². The van der Waals surface area contributed by atoms with Crippen LogP contribution in [-0.2, 0) is 10.2 Å². The standard InChI is InChI=1S/C22H25N5O4/c1-22(2,3)18-17-16(15(12-23)19(24)31-20(17)26-25-18)13-5-4-6-14(11-13)30-21(28)27-7-9-29-10-8-27/h4-6,11,16H,7-10,24H2,1-3H3,(H,25,26)/t16-/m1/s1. The second-order valence-corrected chi connectivity index (χ2v) is 8.53. The van der Waals surface area contributed by atoms with Crippen molar-refractivity contribution in [2.45, 2.75) is 32.1 Å². The van der Waals surface area contributed by atoms with E-state index >= 15 is 0 Å². The Morgan fingerprint density at radius 3 is 2.77 bits per heavy atom. The molecule has 1 aromatic heterocycles. The first-order chi connectivity index (χ1) is 14.8. The van der Waals surface area contributed by atoms with Crippen molar-refractivity contribution in [1.29, 1.82) is 5.26 Å². The number of amides is 1. The number of aromatic nitrogens is 2. The summed E-state index contributed by atoms with van der Waals surface area (Å²) in [5, 5.41) is 17.1. The molecule has 3 N–H and O–H groups in total. The summed E-state index contributed by atoms with van der Waals surface area (Å²) in [5.74, 6) is 0.257. The van der Waals surface area contributed by atoms with Gasteiger partial charge in [-0.15, -0.1) is 5.10 Å². The van der Waals surface area contributed by atoms with Gasteiger partial charge in [0.25, 0.3) is 0 Å². The molecule has 0 aliphatic carbocycles. The lowest BCUT2D eigenvalue weighted by Gasteiger charge is -2.28. The van der Waals surface area contributed by atoms with E-state index in [4.69, 9.17) is 19.9 Å². The average molecular weight is 423 g/mol. The van der Waals surface area contributed by atoms with Gasteiger partial charge in [0, 0.05) is 24.2 Å². The van der Waals surface area contributed by atoms with Gasteiger partial charge in [0.05, 0.1) is 24.7 Å². The molecule has 0 radical (unpaired) electrons. The Morgan fingerprint density at radius 2 is 2.10 bits per heavy atom. The maximum absolute atomic E-state index is 12.5. The second-order valence-electron chi connectivity index (χ2n) is 8.53. The molecule has 0 saturated carbocycles. The number of carbonyl (C=O) groups is 1. The monoisotopic (exact) mass is 423 g/mol. The third-order valence-electron chi connectivity index (χ3n) is 5.35. The molecule has 4 rings (SSSR count). The first-order valence-electron chi connectivity index (χ1n) is 10.1. The van der Waals surface area contributed by atoms with Gasteiger partial charge in [-0.1, -0.05) is 32.9 Å². The zero-order chi connectivity index (χ0) is 22.2. The van der Waals surface area contributed by atoms with Crippen LogP contribution < -0.4 is 15.2 Å². The molecule has 162 valence electrons. The topological polar surface area (TPSA) is 126 Å². The fourth-order valence-corrected chi connectivity index (χ4v) is 3.82. The molecule has 2 aromatic rings. The minimum absolute atomic E-state index is 0.0164. The van der Waals surface area contributed by atoms with E-state index in [0.717, 1.165) is 16.8 Å². The van der Waals surface area contributed by atoms with Crippen LogP contribution in [0.25, 0.3) is 0 Å². The fourth-order valence-electron chi connectivity index (χ4n) is 3.82. The van der Waals surface area contributed by atoms with Gasteiger partial charge in [0.2, 0.25) is 11.8 Å². The number of morpholine rings is 1. The lowest BCUT2D eigenvalue weighted by molar-refractivity contribution is 0.0416. The molecule has 1 saturated heterocycles. The summed E-state index contributed by atoms with van der Waals surface area (Å²) < 4.78 is 16.5. The molecule has 2 aliphatic heterocycles. The highest BCUT2D eigenvalue weighted by atomic mass is 16.6. The van der Waals surface area contributed by atoms with E-state index in [9.17, 15) is 10.1 Å². The van der Waals surface area contributed by atoms with Gasteiger partial charge < -0.3 is 24.8 Å². The number of nitrogens with two attached hydrogens (primary N) is 1. The zero-order valence-electron chi connectivity index (χ0n) is 17.8. The third kappa shape index (κ3) is 3.94. The van der Waals surface area contributed by atoms with Gasteiger partial charge >= 0.3 is 6.09 Å². The van der Waals surface area contributed by atoms with Crippen molar-refractivity contribution in [3.8, 4) is 17.7 Å². The highest BCUT2D eigenvalue weighted by molar-refractivity contribution is 5.71. The summed E-state index contributed by atoms with van der Waals surface area (Å²) >= 11 is 0. The Bertz CT molecular complexity index is 1070. The molecule has 1 fully saturated rings. The number of aromatic amines is 1. The number of nitrogens with zero attached hydrogens (tertiary/aromatic N) is 3. The molecule has 9 heteroatoms. The highest BCUT2D eigenvalue weighted by Gasteiger charge is 2.38. The van der Waals surface area contributed by atoms with E-state index in [1.54, 1.807) is 23.1 Å². The van der Waals surface area contributed by atoms with Gasteiger partial charge in [-0.05, 0) is 17.7 Å². The quantitative estimate of drug-likeness (QED) is 0.760. The van der Waals surface area contributed by atoms with E-state index < -0.39 is 12.0 Å². The van der Waals surface area contributed by atoms with Crippen LogP contribution in [0.3, 0.4) is 0 Å². The number of fused-ring (bicyclic) bond motifs is 1. The summed E-state index contributed by atoms with van der Waals surface area (Å²) in [4.78, 5) is 14.1. The smallest absolute Gasteiger partial charge is 0.415 e. The molecule has 31 heavy (non-hydrogen) atoms. The molecule has 1 amide bonds. The molecule has 2 aliphatic rings. The van der Waals surface area contributed by atoms with E-state index in [-0.39, 0.29) is 16.9 Å². The van der Waals surface area contributed by atoms with Gasteiger partial charge in [0.15, 0.2) is 0 Å². The van der Waals surface area contributed by atoms with Crippen molar-refractivity contribution in [3.63, 3.8) is 0 Å². The fraction of sp³-hybridized carbons (Fsp3) is 0.409. The molecule has 0 spiro atoms. The van der Waals surface area contributed by atoms with Crippen molar-refractivity contribution >= 4 is 6.09 Å². The lowest BCUT2D eigenvalue weighted by atomic mass is 9.79. The molecule has 1 atom stereocenters. The number of hydrogen-bond acceptors (Lipinski definition) is 7. The molecular weight excluding hydrogens is 398 g/mol. The Balaban J connectivity index is 1.72. The van der Waals surface area contributed by atoms with Gasteiger partial charge in [-0.3, -0.25) is 5.10 Å². The van der Waals surface area contributed by atoms with Crippen molar-refractivity contribution in [2.75, 3.05) is 26.3 Å². The van der Waals surface area contributed by atoms with Crippen LogP contribution in [0.4, 0.5) is 4.79 Å². The van der Waals surface area contributed by atoms with Crippen LogP contribution in [0.5, 0.6) is 11.6 Å². The van der Waals surface area contributed by atoms with Crippen LogP contribution in [0.15, 0.2) is 35.7 Å². The van der Waals surface area contributed by atoms with Gasteiger partial charge in [0.1, 0.15) is 17.4 Å². The largest absolute Gasteiger partial charge is 0.420 e. The minimum Gasteiger partial charge on any atom is -0.420 e. The van der Waals surface area contributed by atoms with Crippen molar-refractivity contribution in [1.82, 2.24) is 15.1 Å². The number of ether oxygens (including phenoxy) is 3. The van der Waals surface area contributed by atoms with Gasteiger partial charge in [-0.2, -0.15) is 5.26 Å². The SMILES string of the molecule is CC(C)(C)c1[nH]nc2c1[C@H](c1cccc(OC(=O)N3CCOCC3)c1)C(C#N)=C(N)O2. The third-order valence-corrected chi connectivity index (χ3v) is 5.35. The summed E-state index contributed by atoms with van der Waals surface area (Å²) in [6, 6.07) is 9.30. The molecule has 0 unspecified atom stereocenters. The number of nitriles is 1. The molecule has 1 aromatic carbocycles. The number of hydrogen-bond donors (Lipinski definition) is 2. The Hall–Kier alpha value is -3.51. The van der Waals surface area contributed by atoms with Crippen molar-refractivity contribution < 1.29 is 19.0 Å². The normalized spacial score (nSPS) is 18.8. The van der Waals surface area contributed by atoms with E-state index in [0.29, 0.717) is 37.9 Å². The second kappa shape index (κ2) is 7.96. The summed E-state index contributed by atoms with van der Waals surface area (Å²) in [5.41, 5.74) is 8.43. The molecular formula is C22H25N5O4. The molecule has 3 heterocycles.